The summed E-state index contributed by atoms with van der Waals surface area (Å²) in [6.45, 7) is 2.06. The highest BCUT2D eigenvalue weighted by Gasteiger charge is 2.12. The summed E-state index contributed by atoms with van der Waals surface area (Å²) < 4.78 is 13.3. The van der Waals surface area contributed by atoms with Crippen LogP contribution in [0.2, 0.25) is 0 Å². The molecule has 3 rings (SSSR count). The Hall–Kier alpha value is -2.42. The van der Waals surface area contributed by atoms with Gasteiger partial charge in [-0.15, -0.1) is 0 Å². The number of likely N-dealkylation sites (N-methyl/N-ethyl adjacent to an activating group) is 1. The molecule has 1 aromatic rings. The average molecular weight is 266 g/mol. The van der Waals surface area contributed by atoms with Crippen LogP contribution in [0.15, 0.2) is 65.0 Å². The van der Waals surface area contributed by atoms with Gasteiger partial charge >= 0.3 is 0 Å². The van der Waals surface area contributed by atoms with Crippen LogP contribution in [-0.4, -0.2) is 18.2 Å². The molecule has 2 aliphatic heterocycles. The first-order chi connectivity index (χ1) is 9.65. The summed E-state index contributed by atoms with van der Waals surface area (Å²) >= 11 is 0. The van der Waals surface area contributed by atoms with E-state index < -0.39 is 0 Å². The van der Waals surface area contributed by atoms with Crippen LogP contribution in [0.1, 0.15) is 12.5 Å². The Morgan fingerprint density at radius 1 is 1.25 bits per heavy atom. The minimum atomic E-state index is -0.235. The van der Waals surface area contributed by atoms with Crippen LogP contribution in [0.5, 0.6) is 0 Å². The molecule has 0 aromatic heterocycles. The van der Waals surface area contributed by atoms with E-state index in [0.29, 0.717) is 0 Å². The summed E-state index contributed by atoms with van der Waals surface area (Å²) in [6, 6.07) is 4.66. The molecule has 0 amide bonds. The second-order valence-corrected chi connectivity index (χ2v) is 4.86. The van der Waals surface area contributed by atoms with Crippen LogP contribution in [0.3, 0.4) is 0 Å². The highest BCUT2D eigenvalue weighted by Crippen LogP contribution is 2.32. The molecule has 0 unspecified atom stereocenters. The zero-order valence-electron chi connectivity index (χ0n) is 11.5. The van der Waals surface area contributed by atoms with E-state index in [4.69, 9.17) is 0 Å². The molecule has 0 bridgehead atoms. The van der Waals surface area contributed by atoms with E-state index in [1.807, 2.05) is 31.4 Å². The lowest BCUT2D eigenvalue weighted by atomic mass is 10.1. The van der Waals surface area contributed by atoms with E-state index in [2.05, 4.69) is 22.9 Å². The summed E-state index contributed by atoms with van der Waals surface area (Å²) in [6.07, 6.45) is 11.9. The van der Waals surface area contributed by atoms with Crippen molar-refractivity contribution in [2.75, 3.05) is 7.05 Å². The minimum absolute atomic E-state index is 0.235. The minimum Gasteiger partial charge on any atom is -0.348 e. The maximum absolute atomic E-state index is 13.3. The summed E-state index contributed by atoms with van der Waals surface area (Å²) in [4.78, 5) is 6.39. The molecule has 0 saturated carbocycles. The Bertz CT molecular complexity index is 706. The van der Waals surface area contributed by atoms with Gasteiger partial charge < -0.3 is 4.90 Å². The number of benzene rings is 1. The summed E-state index contributed by atoms with van der Waals surface area (Å²) in [5.74, 6) is -0.235. The Morgan fingerprint density at radius 3 is 2.95 bits per heavy atom. The second-order valence-electron chi connectivity index (χ2n) is 4.86. The van der Waals surface area contributed by atoms with Crippen molar-refractivity contribution in [2.45, 2.75) is 6.92 Å². The van der Waals surface area contributed by atoms with Gasteiger partial charge in [0, 0.05) is 35.8 Å². The van der Waals surface area contributed by atoms with Crippen molar-refractivity contribution >= 4 is 17.5 Å². The first-order valence-corrected chi connectivity index (χ1v) is 6.50. The lowest BCUT2D eigenvalue weighted by Crippen LogP contribution is -2.15. The number of fused-ring (bicyclic) bond motifs is 1. The predicted octanol–water partition coefficient (Wildman–Crippen LogP) is 4.21. The van der Waals surface area contributed by atoms with Gasteiger partial charge in [0.15, 0.2) is 0 Å². The van der Waals surface area contributed by atoms with Gasteiger partial charge in [-0.3, -0.25) is 4.99 Å². The SMILES string of the molecule is CC1=CC=CC(=CC=C2C=Nc3ccc(F)cc32)N1C. The number of rotatable bonds is 1. The van der Waals surface area contributed by atoms with E-state index in [1.54, 1.807) is 12.3 Å². The zero-order chi connectivity index (χ0) is 14.1. The van der Waals surface area contributed by atoms with Gasteiger partial charge in [0.2, 0.25) is 0 Å². The number of aliphatic imine (C=N–C) groups is 1. The van der Waals surface area contributed by atoms with Crippen molar-refractivity contribution in [3.8, 4) is 0 Å². The van der Waals surface area contributed by atoms with Crippen molar-refractivity contribution in [3.05, 3.63) is 71.4 Å². The predicted molar refractivity (Wildman–Crippen MR) is 81.3 cm³/mol. The smallest absolute Gasteiger partial charge is 0.123 e. The van der Waals surface area contributed by atoms with E-state index in [-0.39, 0.29) is 5.82 Å². The molecule has 0 spiro atoms. The highest BCUT2D eigenvalue weighted by atomic mass is 19.1. The molecule has 3 heteroatoms. The Balaban J connectivity index is 1.93. The third-order valence-electron chi connectivity index (χ3n) is 3.57. The van der Waals surface area contributed by atoms with E-state index >= 15 is 0 Å². The summed E-state index contributed by atoms with van der Waals surface area (Å²) in [7, 11) is 2.02. The number of allylic oxidation sites excluding steroid dienone is 7. The van der Waals surface area contributed by atoms with E-state index in [0.717, 1.165) is 22.5 Å². The van der Waals surface area contributed by atoms with E-state index in [1.165, 1.54) is 17.8 Å². The largest absolute Gasteiger partial charge is 0.348 e. The molecule has 0 saturated heterocycles. The standard InChI is InChI=1S/C17H15FN2/c1-12-4-3-5-15(20(12)2)8-6-13-11-19-17-9-7-14(18)10-16(13)17/h3-11H,1-2H3. The fourth-order valence-electron chi connectivity index (χ4n) is 2.25. The van der Waals surface area contributed by atoms with Gasteiger partial charge in [0.05, 0.1) is 5.69 Å². The molecule has 2 nitrogen and oxygen atoms in total. The molecule has 100 valence electrons. The number of nitrogens with zero attached hydrogens (tertiary/aromatic N) is 2. The van der Waals surface area contributed by atoms with Gasteiger partial charge in [-0.25, -0.2) is 4.39 Å². The molecule has 2 aliphatic rings. The van der Waals surface area contributed by atoms with Crippen LogP contribution in [0.25, 0.3) is 5.57 Å². The van der Waals surface area contributed by atoms with Crippen molar-refractivity contribution in [1.29, 1.82) is 0 Å². The van der Waals surface area contributed by atoms with Crippen molar-refractivity contribution in [2.24, 2.45) is 4.99 Å². The quantitative estimate of drug-likeness (QED) is 0.743. The summed E-state index contributed by atoms with van der Waals surface area (Å²) in [5.41, 5.74) is 4.87. The number of hydrogen-bond acceptors (Lipinski definition) is 2. The molecule has 0 aliphatic carbocycles. The molecule has 20 heavy (non-hydrogen) atoms. The van der Waals surface area contributed by atoms with Crippen LogP contribution >= 0.6 is 0 Å². The Morgan fingerprint density at radius 2 is 2.10 bits per heavy atom. The molecular weight excluding hydrogens is 251 g/mol. The number of hydrogen-bond donors (Lipinski definition) is 0. The van der Waals surface area contributed by atoms with Crippen LogP contribution in [-0.2, 0) is 0 Å². The van der Waals surface area contributed by atoms with Crippen LogP contribution < -0.4 is 0 Å². The maximum atomic E-state index is 13.3. The van der Waals surface area contributed by atoms with Gasteiger partial charge in [0.25, 0.3) is 0 Å². The lowest BCUT2D eigenvalue weighted by Gasteiger charge is -2.23. The first kappa shape index (κ1) is 12.6. The Labute approximate surface area is 117 Å². The summed E-state index contributed by atoms with van der Waals surface area (Å²) in [5, 5.41) is 0. The normalized spacial score (nSPS) is 20.8. The molecule has 0 fully saturated rings. The molecule has 0 N–H and O–H groups in total. The zero-order valence-corrected chi connectivity index (χ0v) is 11.5. The molecule has 1 aromatic carbocycles. The number of halogens is 1. The van der Waals surface area contributed by atoms with Crippen LogP contribution in [0, 0.1) is 5.82 Å². The van der Waals surface area contributed by atoms with Gasteiger partial charge in [0.1, 0.15) is 5.82 Å². The van der Waals surface area contributed by atoms with Crippen molar-refractivity contribution < 1.29 is 4.39 Å². The lowest BCUT2D eigenvalue weighted by molar-refractivity contribution is 0.533. The van der Waals surface area contributed by atoms with Crippen molar-refractivity contribution in [3.63, 3.8) is 0 Å². The Kier molecular flexibility index (Phi) is 3.11. The second kappa shape index (κ2) is 4.93. The molecule has 2 heterocycles. The molecule has 0 radical (unpaired) electrons. The van der Waals surface area contributed by atoms with Crippen LogP contribution in [0.4, 0.5) is 10.1 Å². The third kappa shape index (κ3) is 2.23. The maximum Gasteiger partial charge on any atom is 0.123 e. The van der Waals surface area contributed by atoms with Gasteiger partial charge in [-0.2, -0.15) is 0 Å². The first-order valence-electron chi connectivity index (χ1n) is 6.50. The average Bonchev–Trinajstić information content (AvgIpc) is 2.83. The highest BCUT2D eigenvalue weighted by molar-refractivity contribution is 6.16. The fourth-order valence-corrected chi connectivity index (χ4v) is 2.25. The third-order valence-corrected chi connectivity index (χ3v) is 3.57. The fraction of sp³-hybridized carbons (Fsp3) is 0.118. The topological polar surface area (TPSA) is 15.6 Å². The van der Waals surface area contributed by atoms with Gasteiger partial charge in [-0.1, -0.05) is 12.2 Å². The van der Waals surface area contributed by atoms with Gasteiger partial charge in [-0.05, 0) is 43.4 Å². The molecule has 0 atom stereocenters. The molecular formula is C17H15FN2. The van der Waals surface area contributed by atoms with E-state index in [9.17, 15) is 4.39 Å². The monoisotopic (exact) mass is 266 g/mol. The van der Waals surface area contributed by atoms with Crippen molar-refractivity contribution in [1.82, 2.24) is 4.90 Å².